The fourth-order valence-corrected chi connectivity index (χ4v) is 3.02. The van der Waals surface area contributed by atoms with Crippen LogP contribution in [0.15, 0.2) is 24.3 Å². The van der Waals surface area contributed by atoms with E-state index in [0.29, 0.717) is 12.1 Å². The molecule has 0 radical (unpaired) electrons. The summed E-state index contributed by atoms with van der Waals surface area (Å²) >= 11 is 0. The fourth-order valence-electron chi connectivity index (χ4n) is 3.02. The standard InChI is InChI=1S/C16H26N2O/c1-4-17-14-8-9-15(11-14)18(2)12-13-6-5-7-16(10-13)19-3/h5-7,10,14-15,17H,4,8-9,11-12H2,1-3H3. The largest absolute Gasteiger partial charge is 0.497 e. The highest BCUT2D eigenvalue weighted by molar-refractivity contribution is 5.28. The highest BCUT2D eigenvalue weighted by atomic mass is 16.5. The molecule has 1 aliphatic rings. The molecular weight excluding hydrogens is 236 g/mol. The summed E-state index contributed by atoms with van der Waals surface area (Å²) in [7, 11) is 3.96. The van der Waals surface area contributed by atoms with Crippen LogP contribution in [0.5, 0.6) is 5.75 Å². The molecule has 0 amide bonds. The number of rotatable bonds is 6. The third-order valence-corrected chi connectivity index (χ3v) is 4.09. The SMILES string of the molecule is CCNC1CCC(N(C)Cc2cccc(OC)c2)C1. The average molecular weight is 262 g/mol. The molecule has 1 aromatic carbocycles. The van der Waals surface area contributed by atoms with Gasteiger partial charge in [0.15, 0.2) is 0 Å². The lowest BCUT2D eigenvalue weighted by Crippen LogP contribution is -2.32. The van der Waals surface area contributed by atoms with Gasteiger partial charge >= 0.3 is 0 Å². The van der Waals surface area contributed by atoms with E-state index in [-0.39, 0.29) is 0 Å². The minimum Gasteiger partial charge on any atom is -0.497 e. The van der Waals surface area contributed by atoms with Gasteiger partial charge in [-0.25, -0.2) is 0 Å². The van der Waals surface area contributed by atoms with Crippen LogP contribution in [-0.2, 0) is 6.54 Å². The van der Waals surface area contributed by atoms with Crippen LogP contribution >= 0.6 is 0 Å². The molecule has 1 saturated carbocycles. The van der Waals surface area contributed by atoms with Gasteiger partial charge in [-0.05, 0) is 50.6 Å². The summed E-state index contributed by atoms with van der Waals surface area (Å²) in [6, 6.07) is 9.79. The zero-order valence-electron chi connectivity index (χ0n) is 12.4. The maximum Gasteiger partial charge on any atom is 0.119 e. The second-order valence-corrected chi connectivity index (χ2v) is 5.49. The molecule has 1 aromatic rings. The van der Waals surface area contributed by atoms with Crippen LogP contribution in [-0.4, -0.2) is 37.7 Å². The number of nitrogens with one attached hydrogen (secondary N) is 1. The normalized spacial score (nSPS) is 22.9. The van der Waals surface area contributed by atoms with Gasteiger partial charge < -0.3 is 10.1 Å². The Labute approximate surface area is 116 Å². The van der Waals surface area contributed by atoms with Crippen LogP contribution in [0.2, 0.25) is 0 Å². The van der Waals surface area contributed by atoms with E-state index in [1.807, 2.05) is 6.07 Å². The van der Waals surface area contributed by atoms with E-state index in [0.717, 1.165) is 18.8 Å². The van der Waals surface area contributed by atoms with Crippen molar-refractivity contribution in [2.75, 3.05) is 20.7 Å². The molecule has 3 nitrogen and oxygen atoms in total. The Balaban J connectivity index is 1.88. The molecule has 1 N–H and O–H groups in total. The molecule has 106 valence electrons. The molecule has 2 unspecified atom stereocenters. The van der Waals surface area contributed by atoms with Gasteiger partial charge in [0.05, 0.1) is 7.11 Å². The Morgan fingerprint density at radius 2 is 2.21 bits per heavy atom. The van der Waals surface area contributed by atoms with Crippen LogP contribution in [0.4, 0.5) is 0 Å². The first kappa shape index (κ1) is 14.4. The molecular formula is C16H26N2O. The van der Waals surface area contributed by atoms with Gasteiger partial charge in [0.1, 0.15) is 5.75 Å². The quantitative estimate of drug-likeness (QED) is 0.853. The highest BCUT2D eigenvalue weighted by Crippen LogP contribution is 2.25. The second-order valence-electron chi connectivity index (χ2n) is 5.49. The molecule has 0 aliphatic heterocycles. The van der Waals surface area contributed by atoms with Crippen molar-refractivity contribution in [3.05, 3.63) is 29.8 Å². The average Bonchev–Trinajstić information content (AvgIpc) is 2.88. The first-order valence-corrected chi connectivity index (χ1v) is 7.29. The van der Waals surface area contributed by atoms with Gasteiger partial charge in [0, 0.05) is 18.6 Å². The van der Waals surface area contributed by atoms with Gasteiger partial charge in [-0.1, -0.05) is 19.1 Å². The second kappa shape index (κ2) is 6.92. The Morgan fingerprint density at radius 1 is 1.37 bits per heavy atom. The molecule has 1 aliphatic carbocycles. The van der Waals surface area contributed by atoms with Crippen molar-refractivity contribution in [1.29, 1.82) is 0 Å². The number of methoxy groups -OCH3 is 1. The number of hydrogen-bond acceptors (Lipinski definition) is 3. The van der Waals surface area contributed by atoms with Crippen molar-refractivity contribution < 1.29 is 4.74 Å². The highest BCUT2D eigenvalue weighted by Gasteiger charge is 2.26. The number of hydrogen-bond donors (Lipinski definition) is 1. The van der Waals surface area contributed by atoms with Gasteiger partial charge in [0.2, 0.25) is 0 Å². The molecule has 0 bridgehead atoms. The molecule has 19 heavy (non-hydrogen) atoms. The minimum absolute atomic E-state index is 0.704. The molecule has 0 heterocycles. The van der Waals surface area contributed by atoms with Crippen molar-refractivity contribution in [3.63, 3.8) is 0 Å². The van der Waals surface area contributed by atoms with E-state index in [2.05, 4.69) is 42.4 Å². The third-order valence-electron chi connectivity index (χ3n) is 4.09. The maximum atomic E-state index is 5.28. The van der Waals surface area contributed by atoms with Crippen molar-refractivity contribution in [2.45, 2.75) is 44.8 Å². The van der Waals surface area contributed by atoms with Crippen LogP contribution in [0.3, 0.4) is 0 Å². The molecule has 3 heteroatoms. The van der Waals surface area contributed by atoms with Crippen molar-refractivity contribution in [2.24, 2.45) is 0 Å². The summed E-state index contributed by atoms with van der Waals surface area (Å²) in [5.74, 6) is 0.947. The van der Waals surface area contributed by atoms with Gasteiger partial charge in [0.25, 0.3) is 0 Å². The van der Waals surface area contributed by atoms with Gasteiger partial charge in [-0.15, -0.1) is 0 Å². The third kappa shape index (κ3) is 3.95. The fraction of sp³-hybridized carbons (Fsp3) is 0.625. The summed E-state index contributed by atoms with van der Waals surface area (Å²) < 4.78 is 5.28. The van der Waals surface area contributed by atoms with Crippen molar-refractivity contribution in [3.8, 4) is 5.75 Å². The molecule has 2 rings (SSSR count). The zero-order valence-corrected chi connectivity index (χ0v) is 12.4. The Kier molecular flexibility index (Phi) is 5.23. The van der Waals surface area contributed by atoms with Crippen LogP contribution < -0.4 is 10.1 Å². The predicted octanol–water partition coefficient (Wildman–Crippen LogP) is 2.66. The van der Waals surface area contributed by atoms with Gasteiger partial charge in [-0.2, -0.15) is 0 Å². The Morgan fingerprint density at radius 3 is 2.95 bits per heavy atom. The Hall–Kier alpha value is -1.06. The van der Waals surface area contributed by atoms with E-state index < -0.39 is 0 Å². The van der Waals surface area contributed by atoms with Crippen molar-refractivity contribution >= 4 is 0 Å². The maximum absolute atomic E-state index is 5.28. The van der Waals surface area contributed by atoms with Crippen LogP contribution in [0.25, 0.3) is 0 Å². The topological polar surface area (TPSA) is 24.5 Å². The predicted molar refractivity (Wildman–Crippen MR) is 79.6 cm³/mol. The lowest BCUT2D eigenvalue weighted by Gasteiger charge is -2.24. The van der Waals surface area contributed by atoms with E-state index in [1.165, 1.54) is 24.8 Å². The smallest absolute Gasteiger partial charge is 0.119 e. The summed E-state index contributed by atoms with van der Waals surface area (Å²) in [4.78, 5) is 2.48. The lowest BCUT2D eigenvalue weighted by molar-refractivity contribution is 0.233. The Bertz CT molecular complexity index is 394. The lowest BCUT2D eigenvalue weighted by atomic mass is 10.1. The summed E-state index contributed by atoms with van der Waals surface area (Å²) in [5, 5.41) is 3.56. The minimum atomic E-state index is 0.704. The molecule has 2 atom stereocenters. The number of nitrogens with zero attached hydrogens (tertiary/aromatic N) is 1. The van der Waals surface area contributed by atoms with Crippen LogP contribution in [0.1, 0.15) is 31.7 Å². The zero-order chi connectivity index (χ0) is 13.7. The van der Waals surface area contributed by atoms with E-state index >= 15 is 0 Å². The summed E-state index contributed by atoms with van der Waals surface area (Å²) in [5.41, 5.74) is 1.33. The first-order valence-electron chi connectivity index (χ1n) is 7.29. The molecule has 0 spiro atoms. The van der Waals surface area contributed by atoms with Gasteiger partial charge in [-0.3, -0.25) is 4.90 Å². The van der Waals surface area contributed by atoms with E-state index in [1.54, 1.807) is 7.11 Å². The summed E-state index contributed by atoms with van der Waals surface area (Å²) in [6.45, 7) is 4.27. The molecule has 0 aromatic heterocycles. The molecule has 1 fully saturated rings. The van der Waals surface area contributed by atoms with E-state index in [4.69, 9.17) is 4.74 Å². The first-order chi connectivity index (χ1) is 9.22. The number of ether oxygens (including phenoxy) is 1. The number of benzene rings is 1. The summed E-state index contributed by atoms with van der Waals surface area (Å²) in [6.07, 6.45) is 3.88. The van der Waals surface area contributed by atoms with E-state index in [9.17, 15) is 0 Å². The van der Waals surface area contributed by atoms with Crippen molar-refractivity contribution in [1.82, 2.24) is 10.2 Å². The van der Waals surface area contributed by atoms with Crippen LogP contribution in [0, 0.1) is 0 Å². The monoisotopic (exact) mass is 262 g/mol. The molecule has 0 saturated heterocycles.